The minimum Gasteiger partial charge on any atom is -0.496 e. The Kier molecular flexibility index (Phi) is 10.8. The van der Waals surface area contributed by atoms with Gasteiger partial charge in [-0.05, 0) is 24.1 Å². The molecule has 1 fully saturated rings. The number of hydrogen-bond donors (Lipinski definition) is 3. The fourth-order valence-corrected chi connectivity index (χ4v) is 5.17. The van der Waals surface area contributed by atoms with Gasteiger partial charge in [0.1, 0.15) is 11.3 Å². The van der Waals surface area contributed by atoms with Gasteiger partial charge < -0.3 is 30.6 Å². The molecule has 41 heavy (non-hydrogen) atoms. The highest BCUT2D eigenvalue weighted by Crippen LogP contribution is 2.27. The van der Waals surface area contributed by atoms with Crippen LogP contribution in [0.5, 0.6) is 5.75 Å². The molecular formula is C30H44N8O3. The molecule has 0 saturated carbocycles. The summed E-state index contributed by atoms with van der Waals surface area (Å²) in [5, 5.41) is 6.23. The number of piperazine rings is 1. The van der Waals surface area contributed by atoms with Gasteiger partial charge in [0, 0.05) is 70.4 Å². The first kappa shape index (κ1) is 30.1. The topological polar surface area (TPSA) is 131 Å². The first-order chi connectivity index (χ1) is 19.9. The molecule has 1 aliphatic rings. The third kappa shape index (κ3) is 8.09. The smallest absolute Gasteiger partial charge is 0.224 e. The molecule has 4 rings (SSSR count). The number of aromatic nitrogens is 3. The lowest BCUT2D eigenvalue weighted by Gasteiger charge is -2.35. The minimum absolute atomic E-state index is 0.0236. The SMILES string of the molecule is CCCCCNc1nc(N)nc2ccn(Cc3ccc(CN4CCN(C(=O)CCNC(=O)CC)CC4)cc3OC)c12. The monoisotopic (exact) mass is 564 g/mol. The van der Waals surface area contributed by atoms with Crippen molar-refractivity contribution in [2.24, 2.45) is 0 Å². The van der Waals surface area contributed by atoms with E-state index in [-0.39, 0.29) is 17.8 Å². The van der Waals surface area contributed by atoms with Crippen molar-refractivity contribution >= 4 is 34.6 Å². The van der Waals surface area contributed by atoms with Crippen LogP contribution in [0.25, 0.3) is 11.0 Å². The number of rotatable bonds is 14. The fraction of sp³-hybridized carbons (Fsp3) is 0.533. The van der Waals surface area contributed by atoms with Gasteiger partial charge in [-0.3, -0.25) is 14.5 Å². The number of carbonyl (C=O) groups excluding carboxylic acids is 2. The normalized spacial score (nSPS) is 13.9. The zero-order valence-corrected chi connectivity index (χ0v) is 24.6. The Bertz CT molecular complexity index is 1320. The molecule has 2 aromatic heterocycles. The van der Waals surface area contributed by atoms with Crippen LogP contribution >= 0.6 is 0 Å². The Labute approximate surface area is 242 Å². The molecular weight excluding hydrogens is 520 g/mol. The van der Waals surface area contributed by atoms with Crippen molar-refractivity contribution in [1.29, 1.82) is 0 Å². The number of amides is 2. The van der Waals surface area contributed by atoms with Gasteiger partial charge in [-0.25, -0.2) is 4.98 Å². The van der Waals surface area contributed by atoms with Crippen molar-refractivity contribution in [3.8, 4) is 5.75 Å². The number of benzene rings is 1. The highest BCUT2D eigenvalue weighted by Gasteiger charge is 2.21. The predicted octanol–water partition coefficient (Wildman–Crippen LogP) is 3.23. The van der Waals surface area contributed by atoms with Crippen LogP contribution in [0.1, 0.15) is 57.1 Å². The van der Waals surface area contributed by atoms with Gasteiger partial charge in [-0.15, -0.1) is 0 Å². The van der Waals surface area contributed by atoms with Crippen molar-refractivity contribution in [2.75, 3.05) is 57.4 Å². The van der Waals surface area contributed by atoms with Crippen molar-refractivity contribution in [2.45, 2.75) is 59.0 Å². The number of unbranched alkanes of at least 4 members (excludes halogenated alkanes) is 2. The molecule has 11 nitrogen and oxygen atoms in total. The minimum atomic E-state index is -0.0236. The third-order valence-electron chi connectivity index (χ3n) is 7.51. The summed E-state index contributed by atoms with van der Waals surface area (Å²) in [5.74, 6) is 1.93. The number of ether oxygens (including phenoxy) is 1. The first-order valence-corrected chi connectivity index (χ1v) is 14.7. The lowest BCUT2D eigenvalue weighted by atomic mass is 10.1. The van der Waals surface area contributed by atoms with Crippen LogP contribution in [0.4, 0.5) is 11.8 Å². The lowest BCUT2D eigenvalue weighted by Crippen LogP contribution is -2.48. The summed E-state index contributed by atoms with van der Waals surface area (Å²) in [6.45, 7) is 9.63. The number of nitrogens with two attached hydrogens (primary N) is 1. The quantitative estimate of drug-likeness (QED) is 0.255. The van der Waals surface area contributed by atoms with E-state index in [0.29, 0.717) is 39.0 Å². The largest absolute Gasteiger partial charge is 0.496 e. The Morgan fingerprint density at radius 1 is 1.02 bits per heavy atom. The maximum atomic E-state index is 12.5. The molecule has 0 aliphatic carbocycles. The molecule has 0 bridgehead atoms. The van der Waals surface area contributed by atoms with Gasteiger partial charge >= 0.3 is 0 Å². The summed E-state index contributed by atoms with van der Waals surface area (Å²) >= 11 is 0. The molecule has 1 saturated heterocycles. The number of anilines is 2. The van der Waals surface area contributed by atoms with E-state index in [1.807, 2.05) is 17.2 Å². The van der Waals surface area contributed by atoms with Crippen molar-refractivity contribution in [1.82, 2.24) is 29.7 Å². The number of hydrogen-bond acceptors (Lipinski definition) is 8. The highest BCUT2D eigenvalue weighted by molar-refractivity contribution is 5.87. The van der Waals surface area contributed by atoms with Gasteiger partial charge in [0.05, 0.1) is 19.2 Å². The van der Waals surface area contributed by atoms with Gasteiger partial charge in [-0.1, -0.05) is 38.8 Å². The number of carbonyl (C=O) groups is 2. The van der Waals surface area contributed by atoms with Crippen LogP contribution < -0.4 is 21.1 Å². The van der Waals surface area contributed by atoms with Gasteiger partial charge in [-0.2, -0.15) is 4.98 Å². The molecule has 3 aromatic rings. The maximum Gasteiger partial charge on any atom is 0.224 e. The second-order valence-corrected chi connectivity index (χ2v) is 10.5. The first-order valence-electron chi connectivity index (χ1n) is 14.7. The van der Waals surface area contributed by atoms with Crippen molar-refractivity contribution < 1.29 is 14.3 Å². The van der Waals surface area contributed by atoms with E-state index >= 15 is 0 Å². The Morgan fingerprint density at radius 3 is 2.56 bits per heavy atom. The second-order valence-electron chi connectivity index (χ2n) is 10.5. The van der Waals surface area contributed by atoms with Crippen LogP contribution in [-0.2, 0) is 22.7 Å². The molecule has 2 amide bonds. The van der Waals surface area contributed by atoms with E-state index in [4.69, 9.17) is 10.5 Å². The number of nitrogens with zero attached hydrogens (tertiary/aromatic N) is 5. The average molecular weight is 565 g/mol. The van der Waals surface area contributed by atoms with Gasteiger partial charge in [0.2, 0.25) is 17.8 Å². The van der Waals surface area contributed by atoms with Crippen LogP contribution in [0, 0.1) is 0 Å². The van der Waals surface area contributed by atoms with Crippen LogP contribution in [0.15, 0.2) is 30.5 Å². The Balaban J connectivity index is 1.37. The third-order valence-corrected chi connectivity index (χ3v) is 7.51. The van der Waals surface area contributed by atoms with Crippen molar-refractivity contribution in [3.05, 3.63) is 41.6 Å². The van der Waals surface area contributed by atoms with Crippen LogP contribution in [0.3, 0.4) is 0 Å². The highest BCUT2D eigenvalue weighted by atomic mass is 16.5. The van der Waals surface area contributed by atoms with E-state index in [9.17, 15) is 9.59 Å². The van der Waals surface area contributed by atoms with Crippen molar-refractivity contribution in [3.63, 3.8) is 0 Å². The molecule has 3 heterocycles. The number of fused-ring (bicyclic) bond motifs is 1. The Hall–Kier alpha value is -3.86. The molecule has 11 heteroatoms. The maximum absolute atomic E-state index is 12.5. The number of methoxy groups -OCH3 is 1. The number of nitrogens with one attached hydrogen (secondary N) is 2. The predicted molar refractivity (Wildman–Crippen MR) is 162 cm³/mol. The molecule has 0 radical (unpaired) electrons. The number of nitrogen functional groups attached to an aromatic ring is 1. The summed E-state index contributed by atoms with van der Waals surface area (Å²) in [6.07, 6.45) is 6.19. The standard InChI is InChI=1S/C30H44N8O3/c1-4-6-7-12-33-29-28-24(34-30(31)35-29)11-14-38(28)21-23-9-8-22(19-25(23)41-3)20-36-15-17-37(18-16-36)27(40)10-13-32-26(39)5-2/h8-9,11,14,19H,4-7,10,12-13,15-18,20-21H2,1-3H3,(H,32,39)(H3,31,33,34,35). The van der Waals surface area contributed by atoms with E-state index in [1.165, 1.54) is 5.56 Å². The molecule has 1 aliphatic heterocycles. The summed E-state index contributed by atoms with van der Waals surface area (Å²) in [4.78, 5) is 37.1. The molecule has 0 unspecified atom stereocenters. The Morgan fingerprint density at radius 2 is 1.83 bits per heavy atom. The molecule has 1 aromatic carbocycles. The molecule has 0 spiro atoms. The van der Waals surface area contributed by atoms with Gasteiger partial charge in [0.15, 0.2) is 5.82 Å². The fourth-order valence-electron chi connectivity index (χ4n) is 5.17. The van der Waals surface area contributed by atoms with Crippen LogP contribution in [-0.4, -0.2) is 82.5 Å². The van der Waals surface area contributed by atoms with Crippen LogP contribution in [0.2, 0.25) is 0 Å². The second kappa shape index (κ2) is 14.7. The van der Waals surface area contributed by atoms with Gasteiger partial charge in [0.25, 0.3) is 0 Å². The van der Waals surface area contributed by atoms with E-state index in [2.05, 4.69) is 55.2 Å². The molecule has 222 valence electrons. The zero-order chi connectivity index (χ0) is 29.2. The molecule has 0 atom stereocenters. The van der Waals surface area contributed by atoms with E-state index < -0.39 is 0 Å². The average Bonchev–Trinajstić information content (AvgIpc) is 3.38. The summed E-state index contributed by atoms with van der Waals surface area (Å²) in [7, 11) is 1.70. The zero-order valence-electron chi connectivity index (χ0n) is 24.6. The van der Waals surface area contributed by atoms with E-state index in [0.717, 1.165) is 73.6 Å². The summed E-state index contributed by atoms with van der Waals surface area (Å²) in [5.41, 5.74) is 9.96. The lowest BCUT2D eigenvalue weighted by molar-refractivity contribution is -0.133. The summed E-state index contributed by atoms with van der Waals surface area (Å²) in [6, 6.07) is 8.34. The summed E-state index contributed by atoms with van der Waals surface area (Å²) < 4.78 is 7.94. The van der Waals surface area contributed by atoms with E-state index in [1.54, 1.807) is 14.0 Å². The molecule has 4 N–H and O–H groups in total.